The van der Waals surface area contributed by atoms with Gasteiger partial charge < -0.3 is 10.2 Å². The van der Waals surface area contributed by atoms with E-state index in [4.69, 9.17) is 0 Å². The normalized spacial score (nSPS) is 17.0. The fourth-order valence-corrected chi connectivity index (χ4v) is 4.46. The minimum Gasteiger partial charge on any atom is -0.335 e. The number of thiophene rings is 1. The van der Waals surface area contributed by atoms with Crippen molar-refractivity contribution in [2.45, 2.75) is 45.7 Å². The third-order valence-corrected chi connectivity index (χ3v) is 6.10. The smallest absolute Gasteiger partial charge is 0.223 e. The summed E-state index contributed by atoms with van der Waals surface area (Å²) in [6, 6.07) is 10.9. The van der Waals surface area contributed by atoms with Crippen molar-refractivity contribution in [3.63, 3.8) is 0 Å². The van der Waals surface area contributed by atoms with Gasteiger partial charge in [-0.05, 0) is 63.9 Å². The van der Waals surface area contributed by atoms with Gasteiger partial charge in [0.1, 0.15) is 5.82 Å². The van der Waals surface area contributed by atoms with Crippen LogP contribution in [0.15, 0.2) is 36.4 Å². The lowest BCUT2D eigenvalue weighted by Crippen LogP contribution is -2.36. The zero-order valence-corrected chi connectivity index (χ0v) is 16.3. The van der Waals surface area contributed by atoms with E-state index in [1.165, 1.54) is 12.5 Å². The molecule has 1 N–H and O–H groups in total. The fraction of sp³-hybridized carbons (Fsp3) is 0.476. The van der Waals surface area contributed by atoms with Gasteiger partial charge in [-0.15, -0.1) is 11.3 Å². The molecule has 1 fully saturated rings. The molecule has 5 heteroatoms. The summed E-state index contributed by atoms with van der Waals surface area (Å²) in [6.45, 7) is 6.81. The topological polar surface area (TPSA) is 32.3 Å². The van der Waals surface area contributed by atoms with E-state index in [0.717, 1.165) is 29.3 Å². The minimum atomic E-state index is -0.206. The molecule has 1 unspecified atom stereocenters. The molecule has 1 amide bonds. The highest BCUT2D eigenvalue weighted by atomic mass is 32.1. The third kappa shape index (κ3) is 4.71. The zero-order chi connectivity index (χ0) is 18.5. The summed E-state index contributed by atoms with van der Waals surface area (Å²) in [5.74, 6) is 0.637. The third-order valence-electron chi connectivity index (χ3n) is 5.00. The van der Waals surface area contributed by atoms with E-state index in [1.54, 1.807) is 23.5 Å². The number of amides is 1. The first kappa shape index (κ1) is 19.1. The Morgan fingerprint density at radius 3 is 2.81 bits per heavy atom. The van der Waals surface area contributed by atoms with Gasteiger partial charge >= 0.3 is 0 Å². The molecule has 1 aromatic carbocycles. The number of hydrogen-bond acceptors (Lipinski definition) is 3. The van der Waals surface area contributed by atoms with Gasteiger partial charge in [0.2, 0.25) is 5.91 Å². The van der Waals surface area contributed by atoms with Crippen LogP contribution in [0, 0.1) is 11.7 Å². The van der Waals surface area contributed by atoms with Crippen LogP contribution in [0.2, 0.25) is 0 Å². The van der Waals surface area contributed by atoms with Gasteiger partial charge in [0, 0.05) is 27.8 Å². The molecule has 1 aliphatic heterocycles. The Bertz CT molecular complexity index is 737. The summed E-state index contributed by atoms with van der Waals surface area (Å²) < 4.78 is 14.0. The molecule has 0 bridgehead atoms. The van der Waals surface area contributed by atoms with E-state index in [9.17, 15) is 9.18 Å². The quantitative estimate of drug-likeness (QED) is 0.763. The molecule has 0 saturated carbocycles. The summed E-state index contributed by atoms with van der Waals surface area (Å²) in [5.41, 5.74) is 0.625. The van der Waals surface area contributed by atoms with E-state index in [1.807, 2.05) is 23.1 Å². The van der Waals surface area contributed by atoms with E-state index in [2.05, 4.69) is 19.2 Å². The number of carbonyl (C=O) groups excluding carboxylic acids is 1. The average molecular weight is 375 g/mol. The van der Waals surface area contributed by atoms with Crippen molar-refractivity contribution < 1.29 is 9.18 Å². The Hall–Kier alpha value is -1.72. The average Bonchev–Trinajstić information content (AvgIpc) is 3.29. The number of hydrogen-bond donors (Lipinski definition) is 1. The van der Waals surface area contributed by atoms with E-state index >= 15 is 0 Å². The van der Waals surface area contributed by atoms with E-state index in [0.29, 0.717) is 24.4 Å². The van der Waals surface area contributed by atoms with Crippen molar-refractivity contribution in [1.82, 2.24) is 10.2 Å². The van der Waals surface area contributed by atoms with Gasteiger partial charge in [-0.1, -0.05) is 18.2 Å². The predicted molar refractivity (Wildman–Crippen MR) is 106 cm³/mol. The Balaban J connectivity index is 1.64. The van der Waals surface area contributed by atoms with Gasteiger partial charge in [0.15, 0.2) is 0 Å². The predicted octanol–water partition coefficient (Wildman–Crippen LogP) is 4.68. The van der Waals surface area contributed by atoms with Gasteiger partial charge in [-0.2, -0.15) is 0 Å². The second-order valence-corrected chi connectivity index (χ2v) is 8.43. The highest BCUT2D eigenvalue weighted by Crippen LogP contribution is 2.31. The molecule has 2 aromatic rings. The lowest BCUT2D eigenvalue weighted by Gasteiger charge is -2.27. The summed E-state index contributed by atoms with van der Waals surface area (Å²) in [5, 5.41) is 3.36. The van der Waals surface area contributed by atoms with Crippen LogP contribution in [-0.4, -0.2) is 29.9 Å². The summed E-state index contributed by atoms with van der Waals surface area (Å²) in [6.07, 6.45) is 2.74. The molecule has 140 valence electrons. The fourth-order valence-electron chi connectivity index (χ4n) is 3.43. The summed E-state index contributed by atoms with van der Waals surface area (Å²) in [7, 11) is 0. The number of halogens is 1. The first-order valence-electron chi connectivity index (χ1n) is 9.38. The molecule has 0 aliphatic carbocycles. The molecule has 1 aromatic heterocycles. The Morgan fingerprint density at radius 2 is 2.12 bits per heavy atom. The Kier molecular flexibility index (Phi) is 6.43. The monoisotopic (exact) mass is 374 g/mol. The molecule has 3 nitrogen and oxygen atoms in total. The molecule has 26 heavy (non-hydrogen) atoms. The van der Waals surface area contributed by atoms with Crippen LogP contribution < -0.4 is 5.32 Å². The van der Waals surface area contributed by atoms with Crippen molar-refractivity contribution in [2.75, 3.05) is 13.1 Å². The number of nitrogens with one attached hydrogen (secondary N) is 1. The maximum atomic E-state index is 14.0. The summed E-state index contributed by atoms with van der Waals surface area (Å²) >= 11 is 1.56. The van der Waals surface area contributed by atoms with Crippen LogP contribution in [-0.2, 0) is 11.3 Å². The second kappa shape index (κ2) is 8.78. The molecule has 1 atom stereocenters. The SMILES string of the molecule is CC(C)N(Cc1ccc(-c2ccccc2F)s1)C(=O)CCC1CCNC1. The van der Waals surface area contributed by atoms with Gasteiger partial charge in [0.25, 0.3) is 0 Å². The maximum absolute atomic E-state index is 14.0. The lowest BCUT2D eigenvalue weighted by molar-refractivity contribution is -0.133. The van der Waals surface area contributed by atoms with Crippen LogP contribution in [0.5, 0.6) is 0 Å². The summed E-state index contributed by atoms with van der Waals surface area (Å²) in [4.78, 5) is 16.7. The molecule has 0 radical (unpaired) electrons. The number of rotatable bonds is 7. The number of nitrogens with zero attached hydrogens (tertiary/aromatic N) is 1. The van der Waals surface area contributed by atoms with Crippen molar-refractivity contribution in [1.29, 1.82) is 0 Å². The first-order chi connectivity index (χ1) is 12.5. The van der Waals surface area contributed by atoms with Crippen molar-refractivity contribution in [2.24, 2.45) is 5.92 Å². The van der Waals surface area contributed by atoms with Crippen LogP contribution in [0.1, 0.15) is 38.0 Å². The molecule has 1 aliphatic rings. The molecule has 0 spiro atoms. The molecular formula is C21H27FN2OS. The van der Waals surface area contributed by atoms with Gasteiger partial charge in [-0.3, -0.25) is 4.79 Å². The van der Waals surface area contributed by atoms with Gasteiger partial charge in [0.05, 0.1) is 6.54 Å². The Labute approximate surface area is 159 Å². The lowest BCUT2D eigenvalue weighted by atomic mass is 10.0. The number of carbonyl (C=O) groups is 1. The number of benzene rings is 1. The maximum Gasteiger partial charge on any atom is 0.223 e. The highest BCUT2D eigenvalue weighted by molar-refractivity contribution is 7.15. The van der Waals surface area contributed by atoms with Crippen LogP contribution in [0.4, 0.5) is 4.39 Å². The zero-order valence-electron chi connectivity index (χ0n) is 15.5. The highest BCUT2D eigenvalue weighted by Gasteiger charge is 2.21. The first-order valence-corrected chi connectivity index (χ1v) is 10.2. The Morgan fingerprint density at radius 1 is 1.31 bits per heavy atom. The van der Waals surface area contributed by atoms with E-state index < -0.39 is 0 Å². The molecule has 2 heterocycles. The van der Waals surface area contributed by atoms with E-state index in [-0.39, 0.29) is 17.8 Å². The van der Waals surface area contributed by atoms with Crippen molar-refractivity contribution >= 4 is 17.2 Å². The van der Waals surface area contributed by atoms with Crippen LogP contribution in [0.3, 0.4) is 0 Å². The molecule has 3 rings (SSSR count). The molecule has 1 saturated heterocycles. The second-order valence-electron chi connectivity index (χ2n) is 7.26. The molecular weight excluding hydrogens is 347 g/mol. The van der Waals surface area contributed by atoms with Gasteiger partial charge in [-0.25, -0.2) is 4.39 Å². The minimum absolute atomic E-state index is 0.156. The van der Waals surface area contributed by atoms with Crippen molar-refractivity contribution in [3.05, 3.63) is 47.1 Å². The van der Waals surface area contributed by atoms with Crippen molar-refractivity contribution in [3.8, 4) is 10.4 Å². The largest absolute Gasteiger partial charge is 0.335 e. The van der Waals surface area contributed by atoms with Crippen LogP contribution >= 0.6 is 11.3 Å². The standard InChI is InChI=1S/C21H27FN2OS/c1-15(2)24(21(25)10-7-16-11-12-23-13-16)14-17-8-9-20(26-17)18-5-3-4-6-19(18)22/h3-6,8-9,15-16,23H,7,10-14H2,1-2H3. The van der Waals surface area contributed by atoms with Crippen LogP contribution in [0.25, 0.3) is 10.4 Å².